The van der Waals surface area contributed by atoms with E-state index in [9.17, 15) is 4.79 Å². The number of nitrogens with two attached hydrogens (primary N) is 1. The van der Waals surface area contributed by atoms with Gasteiger partial charge in [-0.15, -0.1) is 0 Å². The topological polar surface area (TPSA) is 60.1 Å². The van der Waals surface area contributed by atoms with Crippen LogP contribution in [0.5, 0.6) is 0 Å². The second-order valence-electron chi connectivity index (χ2n) is 4.52. The van der Waals surface area contributed by atoms with Gasteiger partial charge >= 0.3 is 0 Å². The molecule has 4 heteroatoms. The van der Waals surface area contributed by atoms with Crippen molar-refractivity contribution in [2.45, 2.75) is 44.8 Å². The Balaban J connectivity index is 2.04. The van der Waals surface area contributed by atoms with Crippen LogP contribution in [0.3, 0.4) is 0 Å². The first kappa shape index (κ1) is 11.2. The van der Waals surface area contributed by atoms with E-state index in [1.165, 1.54) is 0 Å². The van der Waals surface area contributed by atoms with Crippen LogP contribution in [0.4, 0.5) is 5.69 Å². The van der Waals surface area contributed by atoms with E-state index in [1.54, 1.807) is 10.6 Å². The maximum absolute atomic E-state index is 11.5. The molecule has 4 nitrogen and oxygen atoms in total. The third-order valence-corrected chi connectivity index (χ3v) is 2.99. The lowest BCUT2D eigenvalue weighted by molar-refractivity contribution is 0.373. The fraction of sp³-hybridized carbons (Fsp3) is 0.583. The SMILES string of the molecule is CCCn1cc(NC2CC(N)C2)ccc1=O. The normalized spacial score (nSPS) is 23.9. The zero-order valence-corrected chi connectivity index (χ0v) is 9.65. The van der Waals surface area contributed by atoms with E-state index in [4.69, 9.17) is 5.73 Å². The van der Waals surface area contributed by atoms with Gasteiger partial charge in [0, 0.05) is 30.9 Å². The van der Waals surface area contributed by atoms with Gasteiger partial charge in [-0.2, -0.15) is 0 Å². The number of nitrogens with zero attached hydrogens (tertiary/aromatic N) is 1. The van der Waals surface area contributed by atoms with E-state index < -0.39 is 0 Å². The Morgan fingerprint density at radius 3 is 2.88 bits per heavy atom. The summed E-state index contributed by atoms with van der Waals surface area (Å²) >= 11 is 0. The van der Waals surface area contributed by atoms with Gasteiger partial charge in [0.25, 0.3) is 5.56 Å². The molecule has 1 aliphatic rings. The first-order valence-corrected chi connectivity index (χ1v) is 5.91. The van der Waals surface area contributed by atoms with Gasteiger partial charge in [-0.3, -0.25) is 4.79 Å². The van der Waals surface area contributed by atoms with Crippen molar-refractivity contribution in [2.75, 3.05) is 5.32 Å². The summed E-state index contributed by atoms with van der Waals surface area (Å²) in [6.45, 7) is 2.84. The van der Waals surface area contributed by atoms with Crippen LogP contribution in [0.2, 0.25) is 0 Å². The minimum Gasteiger partial charge on any atom is -0.381 e. The van der Waals surface area contributed by atoms with E-state index in [1.807, 2.05) is 12.3 Å². The number of aryl methyl sites for hydroxylation is 1. The Kier molecular flexibility index (Phi) is 3.29. The Bertz CT molecular complexity index is 407. The molecule has 0 bridgehead atoms. The molecule has 0 unspecified atom stereocenters. The van der Waals surface area contributed by atoms with Crippen LogP contribution in [-0.2, 0) is 6.54 Å². The largest absolute Gasteiger partial charge is 0.381 e. The van der Waals surface area contributed by atoms with Crippen molar-refractivity contribution in [1.82, 2.24) is 4.57 Å². The first-order chi connectivity index (χ1) is 7.69. The predicted octanol–water partition coefficient (Wildman–Crippen LogP) is 1.16. The van der Waals surface area contributed by atoms with Gasteiger partial charge in [0.2, 0.25) is 0 Å². The van der Waals surface area contributed by atoms with E-state index >= 15 is 0 Å². The summed E-state index contributed by atoms with van der Waals surface area (Å²) in [4.78, 5) is 11.5. The summed E-state index contributed by atoms with van der Waals surface area (Å²) in [5.41, 5.74) is 6.81. The molecular weight excluding hydrogens is 202 g/mol. The van der Waals surface area contributed by atoms with Crippen molar-refractivity contribution in [3.05, 3.63) is 28.7 Å². The van der Waals surface area contributed by atoms with Gasteiger partial charge in [-0.05, 0) is 25.3 Å². The van der Waals surface area contributed by atoms with Crippen LogP contribution in [0, 0.1) is 0 Å². The molecule has 1 heterocycles. The fourth-order valence-corrected chi connectivity index (χ4v) is 2.05. The van der Waals surface area contributed by atoms with Crippen molar-refractivity contribution in [2.24, 2.45) is 5.73 Å². The lowest BCUT2D eigenvalue weighted by Crippen LogP contribution is -2.44. The number of hydrogen-bond acceptors (Lipinski definition) is 3. The summed E-state index contributed by atoms with van der Waals surface area (Å²) in [6.07, 6.45) is 4.91. The maximum Gasteiger partial charge on any atom is 0.250 e. The zero-order chi connectivity index (χ0) is 11.5. The summed E-state index contributed by atoms with van der Waals surface area (Å²) in [7, 11) is 0. The molecule has 0 spiro atoms. The molecule has 0 saturated heterocycles. The van der Waals surface area contributed by atoms with Crippen molar-refractivity contribution in [3.8, 4) is 0 Å². The number of hydrogen-bond donors (Lipinski definition) is 2. The quantitative estimate of drug-likeness (QED) is 0.802. The van der Waals surface area contributed by atoms with E-state index in [-0.39, 0.29) is 5.56 Å². The average Bonchev–Trinajstić information content (AvgIpc) is 2.21. The minimum absolute atomic E-state index is 0.0673. The highest BCUT2D eigenvalue weighted by atomic mass is 16.1. The number of aromatic nitrogens is 1. The highest BCUT2D eigenvalue weighted by molar-refractivity contribution is 5.42. The zero-order valence-electron chi connectivity index (χ0n) is 9.65. The van der Waals surface area contributed by atoms with Crippen LogP contribution in [0.1, 0.15) is 26.2 Å². The molecular formula is C12H19N3O. The van der Waals surface area contributed by atoms with Crippen LogP contribution >= 0.6 is 0 Å². The summed E-state index contributed by atoms with van der Waals surface area (Å²) in [5, 5.41) is 3.40. The summed E-state index contributed by atoms with van der Waals surface area (Å²) in [5.74, 6) is 0. The van der Waals surface area contributed by atoms with E-state index in [2.05, 4.69) is 12.2 Å². The van der Waals surface area contributed by atoms with Crippen LogP contribution in [0.15, 0.2) is 23.1 Å². The Labute approximate surface area is 95.5 Å². The molecule has 1 aromatic rings. The highest BCUT2D eigenvalue weighted by Crippen LogP contribution is 2.21. The number of nitrogens with one attached hydrogen (secondary N) is 1. The molecule has 1 fully saturated rings. The molecule has 0 aliphatic heterocycles. The Morgan fingerprint density at radius 2 is 2.25 bits per heavy atom. The fourth-order valence-electron chi connectivity index (χ4n) is 2.05. The molecule has 0 aromatic carbocycles. The lowest BCUT2D eigenvalue weighted by Gasteiger charge is -2.33. The first-order valence-electron chi connectivity index (χ1n) is 5.91. The molecule has 88 valence electrons. The molecule has 0 amide bonds. The van der Waals surface area contributed by atoms with Crippen LogP contribution in [0.25, 0.3) is 0 Å². The molecule has 0 radical (unpaired) electrons. The number of anilines is 1. The summed E-state index contributed by atoms with van der Waals surface area (Å²) < 4.78 is 1.75. The van der Waals surface area contributed by atoms with Gasteiger partial charge < -0.3 is 15.6 Å². The second-order valence-corrected chi connectivity index (χ2v) is 4.52. The summed E-state index contributed by atoms with van der Waals surface area (Å²) in [6, 6.07) is 4.29. The molecule has 16 heavy (non-hydrogen) atoms. The monoisotopic (exact) mass is 221 g/mol. The van der Waals surface area contributed by atoms with E-state index in [0.717, 1.165) is 31.5 Å². The van der Waals surface area contributed by atoms with Gasteiger partial charge in [-0.1, -0.05) is 6.92 Å². The average molecular weight is 221 g/mol. The Hall–Kier alpha value is -1.29. The van der Waals surface area contributed by atoms with Crippen LogP contribution in [-0.4, -0.2) is 16.7 Å². The van der Waals surface area contributed by atoms with Crippen LogP contribution < -0.4 is 16.6 Å². The Morgan fingerprint density at radius 1 is 1.50 bits per heavy atom. The number of rotatable bonds is 4. The van der Waals surface area contributed by atoms with Crippen molar-refractivity contribution >= 4 is 5.69 Å². The molecule has 0 atom stereocenters. The van der Waals surface area contributed by atoms with Gasteiger partial charge in [0.15, 0.2) is 0 Å². The van der Waals surface area contributed by atoms with Crippen molar-refractivity contribution in [3.63, 3.8) is 0 Å². The molecule has 1 aliphatic carbocycles. The molecule has 1 saturated carbocycles. The van der Waals surface area contributed by atoms with Gasteiger partial charge in [-0.25, -0.2) is 0 Å². The van der Waals surface area contributed by atoms with Gasteiger partial charge in [0.1, 0.15) is 0 Å². The van der Waals surface area contributed by atoms with Gasteiger partial charge in [0.05, 0.1) is 5.69 Å². The number of pyridine rings is 1. The minimum atomic E-state index is 0.0673. The van der Waals surface area contributed by atoms with E-state index in [0.29, 0.717) is 12.1 Å². The molecule has 1 aromatic heterocycles. The lowest BCUT2D eigenvalue weighted by atomic mass is 9.87. The second kappa shape index (κ2) is 4.70. The third-order valence-electron chi connectivity index (χ3n) is 2.99. The standard InChI is InChI=1S/C12H19N3O/c1-2-5-15-8-10(3-4-12(15)16)14-11-6-9(13)7-11/h3-4,8-9,11,14H,2,5-7,13H2,1H3. The predicted molar refractivity (Wildman–Crippen MR) is 65.6 cm³/mol. The maximum atomic E-state index is 11.5. The molecule has 2 rings (SSSR count). The third kappa shape index (κ3) is 2.44. The molecule has 3 N–H and O–H groups in total. The van der Waals surface area contributed by atoms with Crippen molar-refractivity contribution in [1.29, 1.82) is 0 Å². The smallest absolute Gasteiger partial charge is 0.250 e. The van der Waals surface area contributed by atoms with Crippen molar-refractivity contribution < 1.29 is 0 Å². The highest BCUT2D eigenvalue weighted by Gasteiger charge is 2.25.